The molecular formula is C24H32N2O3S. The Hall–Kier alpha value is -2.18. The average molecular weight is 429 g/mol. The first-order valence-corrected chi connectivity index (χ1v) is 12.4. The number of nitrogens with one attached hydrogen (secondary N) is 1. The van der Waals surface area contributed by atoms with Crippen LogP contribution in [0.5, 0.6) is 0 Å². The molecule has 0 unspecified atom stereocenters. The number of nitrogens with zero attached hydrogens (tertiary/aromatic N) is 1. The predicted molar refractivity (Wildman–Crippen MR) is 121 cm³/mol. The Labute approximate surface area is 180 Å². The molecule has 2 aromatic rings. The maximum absolute atomic E-state index is 12.4. The lowest BCUT2D eigenvalue weighted by molar-refractivity contribution is 0.0953. The molecule has 1 aliphatic heterocycles. The van der Waals surface area contributed by atoms with Crippen LogP contribution in [0.3, 0.4) is 0 Å². The summed E-state index contributed by atoms with van der Waals surface area (Å²) < 4.78 is 26.4. The van der Waals surface area contributed by atoms with Gasteiger partial charge < -0.3 is 5.32 Å². The van der Waals surface area contributed by atoms with Crippen LogP contribution in [0.25, 0.3) is 0 Å². The average Bonchev–Trinajstić information content (AvgIpc) is 3.28. The largest absolute Gasteiger partial charge is 0.352 e. The van der Waals surface area contributed by atoms with Gasteiger partial charge in [-0.1, -0.05) is 50.2 Å². The van der Waals surface area contributed by atoms with Crippen molar-refractivity contribution >= 4 is 15.9 Å². The van der Waals surface area contributed by atoms with E-state index in [1.807, 2.05) is 0 Å². The number of amides is 1. The monoisotopic (exact) mass is 428 g/mol. The van der Waals surface area contributed by atoms with E-state index in [4.69, 9.17) is 0 Å². The summed E-state index contributed by atoms with van der Waals surface area (Å²) in [7, 11) is -3.26. The number of hydrogen-bond acceptors (Lipinski definition) is 3. The SMILES string of the molecule is CC(C)c1ccc(CCCNC(=O)c2ccc(CS(=O)(=O)N3CCCC3)cc2)cc1. The van der Waals surface area contributed by atoms with Crippen molar-refractivity contribution in [1.82, 2.24) is 9.62 Å². The van der Waals surface area contributed by atoms with Crippen molar-refractivity contribution in [1.29, 1.82) is 0 Å². The fraction of sp³-hybridized carbons (Fsp3) is 0.458. The van der Waals surface area contributed by atoms with Crippen molar-refractivity contribution in [3.8, 4) is 0 Å². The van der Waals surface area contributed by atoms with Gasteiger partial charge in [-0.25, -0.2) is 12.7 Å². The second kappa shape index (κ2) is 10.2. The van der Waals surface area contributed by atoms with Gasteiger partial charge in [-0.2, -0.15) is 0 Å². The summed E-state index contributed by atoms with van der Waals surface area (Å²) in [5, 5.41) is 2.95. The molecule has 0 saturated carbocycles. The molecular weight excluding hydrogens is 396 g/mol. The van der Waals surface area contributed by atoms with Crippen molar-refractivity contribution in [2.24, 2.45) is 0 Å². The molecule has 6 heteroatoms. The summed E-state index contributed by atoms with van der Waals surface area (Å²) in [6.45, 7) is 6.21. The van der Waals surface area contributed by atoms with E-state index in [0.717, 1.165) is 25.7 Å². The van der Waals surface area contributed by atoms with Crippen LogP contribution in [-0.2, 0) is 22.2 Å². The molecule has 0 aliphatic carbocycles. The highest BCUT2D eigenvalue weighted by atomic mass is 32.2. The number of benzene rings is 2. The second-order valence-electron chi connectivity index (χ2n) is 8.32. The Morgan fingerprint density at radius 1 is 0.967 bits per heavy atom. The molecule has 30 heavy (non-hydrogen) atoms. The van der Waals surface area contributed by atoms with Gasteiger partial charge in [-0.15, -0.1) is 0 Å². The minimum absolute atomic E-state index is 0.00943. The van der Waals surface area contributed by atoms with Crippen molar-refractivity contribution in [3.63, 3.8) is 0 Å². The van der Waals surface area contributed by atoms with E-state index in [2.05, 4.69) is 43.4 Å². The summed E-state index contributed by atoms with van der Waals surface area (Å²) in [4.78, 5) is 12.3. The van der Waals surface area contributed by atoms with E-state index in [-0.39, 0.29) is 11.7 Å². The van der Waals surface area contributed by atoms with Crippen molar-refractivity contribution in [2.75, 3.05) is 19.6 Å². The zero-order chi connectivity index (χ0) is 21.6. The van der Waals surface area contributed by atoms with Crippen molar-refractivity contribution in [3.05, 3.63) is 70.8 Å². The number of sulfonamides is 1. The van der Waals surface area contributed by atoms with Crippen LogP contribution in [0.2, 0.25) is 0 Å². The van der Waals surface area contributed by atoms with Crippen LogP contribution < -0.4 is 5.32 Å². The standard InChI is InChI=1S/C24H32N2O3S/c1-19(2)22-11-7-20(8-12-22)6-5-15-25-24(27)23-13-9-21(10-14-23)18-30(28,29)26-16-3-4-17-26/h7-14,19H,3-6,15-18H2,1-2H3,(H,25,27). The maximum Gasteiger partial charge on any atom is 0.251 e. The minimum atomic E-state index is -3.26. The van der Waals surface area contributed by atoms with Gasteiger partial charge in [0, 0.05) is 25.2 Å². The van der Waals surface area contributed by atoms with Crippen LogP contribution in [0.1, 0.15) is 66.1 Å². The van der Waals surface area contributed by atoms with Gasteiger partial charge in [0.25, 0.3) is 5.91 Å². The molecule has 3 rings (SSSR count). The normalized spacial score (nSPS) is 14.9. The minimum Gasteiger partial charge on any atom is -0.352 e. The lowest BCUT2D eigenvalue weighted by Crippen LogP contribution is -2.29. The molecule has 1 fully saturated rings. The van der Waals surface area contributed by atoms with Gasteiger partial charge in [0.15, 0.2) is 0 Å². The Kier molecular flexibility index (Phi) is 7.67. The Morgan fingerprint density at radius 2 is 1.57 bits per heavy atom. The number of hydrogen-bond donors (Lipinski definition) is 1. The smallest absolute Gasteiger partial charge is 0.251 e. The molecule has 2 aromatic carbocycles. The van der Waals surface area contributed by atoms with Crippen LogP contribution in [0, 0.1) is 0 Å². The first kappa shape index (κ1) is 22.5. The maximum atomic E-state index is 12.4. The second-order valence-corrected chi connectivity index (χ2v) is 10.3. The third-order valence-corrected chi connectivity index (χ3v) is 7.45. The van der Waals surface area contributed by atoms with E-state index in [1.54, 1.807) is 28.6 Å². The van der Waals surface area contributed by atoms with E-state index in [9.17, 15) is 13.2 Å². The van der Waals surface area contributed by atoms with Crippen molar-refractivity contribution in [2.45, 2.75) is 51.2 Å². The molecule has 1 amide bonds. The molecule has 5 nitrogen and oxygen atoms in total. The molecule has 162 valence electrons. The Balaban J connectivity index is 1.44. The highest BCUT2D eigenvalue weighted by Crippen LogP contribution is 2.18. The highest BCUT2D eigenvalue weighted by molar-refractivity contribution is 7.88. The van der Waals surface area contributed by atoms with Crippen LogP contribution in [0.4, 0.5) is 0 Å². The van der Waals surface area contributed by atoms with E-state index >= 15 is 0 Å². The number of rotatable bonds is 9. The Morgan fingerprint density at radius 3 is 2.17 bits per heavy atom. The summed E-state index contributed by atoms with van der Waals surface area (Å²) in [6.07, 6.45) is 3.66. The first-order chi connectivity index (χ1) is 14.3. The lowest BCUT2D eigenvalue weighted by atomic mass is 10.0. The number of carbonyl (C=O) groups is 1. The zero-order valence-electron chi connectivity index (χ0n) is 17.9. The molecule has 1 aliphatic rings. The summed E-state index contributed by atoms with van der Waals surface area (Å²) in [5.41, 5.74) is 3.88. The van der Waals surface area contributed by atoms with Gasteiger partial charge in [-0.05, 0) is 60.4 Å². The lowest BCUT2D eigenvalue weighted by Gasteiger charge is -2.15. The van der Waals surface area contributed by atoms with E-state index in [0.29, 0.717) is 36.7 Å². The third-order valence-electron chi connectivity index (χ3n) is 5.60. The van der Waals surface area contributed by atoms with Gasteiger partial charge >= 0.3 is 0 Å². The number of aryl methyl sites for hydroxylation is 1. The Bertz CT molecular complexity index is 929. The van der Waals surface area contributed by atoms with E-state index in [1.165, 1.54) is 11.1 Å². The van der Waals surface area contributed by atoms with Gasteiger partial charge in [0.2, 0.25) is 10.0 Å². The van der Waals surface area contributed by atoms with Crippen molar-refractivity contribution < 1.29 is 13.2 Å². The van der Waals surface area contributed by atoms with Crippen LogP contribution in [-0.4, -0.2) is 38.3 Å². The predicted octanol–water partition coefficient (Wildman–Crippen LogP) is 4.10. The zero-order valence-corrected chi connectivity index (χ0v) is 18.7. The molecule has 0 aromatic heterocycles. The summed E-state index contributed by atoms with van der Waals surface area (Å²) in [6, 6.07) is 15.5. The fourth-order valence-corrected chi connectivity index (χ4v) is 5.30. The molecule has 0 radical (unpaired) electrons. The first-order valence-electron chi connectivity index (χ1n) is 10.8. The number of carbonyl (C=O) groups excluding carboxylic acids is 1. The molecule has 0 spiro atoms. The molecule has 1 heterocycles. The fourth-order valence-electron chi connectivity index (χ4n) is 3.69. The topological polar surface area (TPSA) is 66.5 Å². The van der Waals surface area contributed by atoms with Crippen LogP contribution >= 0.6 is 0 Å². The van der Waals surface area contributed by atoms with Gasteiger partial charge in [0.1, 0.15) is 0 Å². The quantitative estimate of drug-likeness (QED) is 0.612. The summed E-state index contributed by atoms with van der Waals surface area (Å²) in [5.74, 6) is 0.397. The third kappa shape index (κ3) is 6.16. The van der Waals surface area contributed by atoms with Gasteiger partial charge in [0.05, 0.1) is 5.75 Å². The van der Waals surface area contributed by atoms with Gasteiger partial charge in [-0.3, -0.25) is 4.79 Å². The van der Waals surface area contributed by atoms with Crippen LogP contribution in [0.15, 0.2) is 48.5 Å². The molecule has 0 bridgehead atoms. The highest BCUT2D eigenvalue weighted by Gasteiger charge is 2.25. The molecule has 1 N–H and O–H groups in total. The van der Waals surface area contributed by atoms with E-state index < -0.39 is 10.0 Å². The molecule has 1 saturated heterocycles. The molecule has 0 atom stereocenters. The summed E-state index contributed by atoms with van der Waals surface area (Å²) >= 11 is 0.